The van der Waals surface area contributed by atoms with Crippen LogP contribution in [0.5, 0.6) is 5.75 Å². The van der Waals surface area contributed by atoms with Gasteiger partial charge in [-0.05, 0) is 56.3 Å². The number of benzene rings is 1. The van der Waals surface area contributed by atoms with Crippen LogP contribution in [0, 0.1) is 0 Å². The first-order valence-corrected chi connectivity index (χ1v) is 23.6. The van der Waals surface area contributed by atoms with Crippen molar-refractivity contribution in [3.63, 3.8) is 0 Å². The zero-order valence-corrected chi connectivity index (χ0v) is 31.4. The molecule has 0 N–H and O–H groups in total. The zero-order chi connectivity index (χ0) is 31.9. The summed E-state index contributed by atoms with van der Waals surface area (Å²) in [7, 11) is -3.09. The van der Waals surface area contributed by atoms with Crippen molar-refractivity contribution in [2.24, 2.45) is 0 Å². The Hall–Kier alpha value is -1.34. The van der Waals surface area contributed by atoms with Gasteiger partial charge in [-0.15, -0.1) is 0 Å². The smallest absolute Gasteiger partial charge is 0.192 e. The molecule has 44 heavy (non-hydrogen) atoms. The van der Waals surface area contributed by atoms with Gasteiger partial charge >= 0.3 is 0 Å². The Balaban J connectivity index is 1.47. The average Bonchev–Trinajstić information content (AvgIpc) is 3.68. The van der Waals surface area contributed by atoms with Crippen LogP contribution in [0.2, 0.25) is 53.9 Å². The van der Waals surface area contributed by atoms with E-state index >= 15 is 0 Å². The molecular weight excluding hydrogens is 629 g/mol. The van der Waals surface area contributed by atoms with E-state index in [0.29, 0.717) is 23.4 Å². The molecule has 0 bridgehead atoms. The first-order chi connectivity index (χ1) is 20.6. The largest absolute Gasteiger partial charge is 0.490 e. The van der Waals surface area contributed by atoms with Crippen LogP contribution in [0.15, 0.2) is 24.7 Å². The maximum Gasteiger partial charge on any atom is 0.192 e. The molecule has 1 saturated carbocycles. The Bertz CT molecular complexity index is 1440. The highest BCUT2D eigenvalue weighted by Gasteiger charge is 2.41. The Morgan fingerprint density at radius 2 is 1.77 bits per heavy atom. The van der Waals surface area contributed by atoms with Gasteiger partial charge in [0, 0.05) is 63.4 Å². The van der Waals surface area contributed by atoms with Crippen LogP contribution in [-0.2, 0) is 20.6 Å². The Kier molecular flexibility index (Phi) is 10.4. The molecule has 1 saturated heterocycles. The number of ether oxygens (including phenoxy) is 3. The molecule has 7 nitrogen and oxygen atoms in total. The molecular formula is C33H51Cl2N3O4Si2. The van der Waals surface area contributed by atoms with Crippen LogP contribution >= 0.6 is 23.2 Å². The van der Waals surface area contributed by atoms with Gasteiger partial charge in [0.05, 0.1) is 27.1 Å². The van der Waals surface area contributed by atoms with E-state index in [1.54, 1.807) is 0 Å². The van der Waals surface area contributed by atoms with Crippen molar-refractivity contribution in [2.45, 2.75) is 128 Å². The first-order valence-electron chi connectivity index (χ1n) is 16.2. The second kappa shape index (κ2) is 13.4. The van der Waals surface area contributed by atoms with Crippen molar-refractivity contribution >= 4 is 50.5 Å². The number of fused-ring (bicyclic) bond motifs is 1. The monoisotopic (exact) mass is 679 g/mol. The molecule has 0 radical (unpaired) electrons. The van der Waals surface area contributed by atoms with Crippen molar-refractivity contribution in [1.82, 2.24) is 14.3 Å². The number of hydrogen-bond donors (Lipinski definition) is 0. The third-order valence-electron chi connectivity index (χ3n) is 9.49. The fourth-order valence-corrected chi connectivity index (χ4v) is 8.42. The standard InChI is InChI=1S/C33H51Cl2N3O4Si2/c1-33(2,3)44(7,8)42-25-13-12-24(17-25)41-28-18-27(34)31(35)32-30(28)26(21-37(32)22-39-15-16-43(4,5)6)23-19-36-38(20-23)29-11-9-10-14-40-29/h18-21,24-25,29H,9-17,22H2,1-8H3/t24-,25+,29?/m0/s1. The van der Waals surface area contributed by atoms with Crippen LogP contribution < -0.4 is 4.74 Å². The van der Waals surface area contributed by atoms with E-state index in [0.717, 1.165) is 79.0 Å². The molecule has 1 aliphatic heterocycles. The molecule has 3 heterocycles. The quantitative estimate of drug-likeness (QED) is 0.149. The first kappa shape index (κ1) is 34.0. The highest BCUT2D eigenvalue weighted by molar-refractivity contribution is 6.76. The molecule has 3 atom stereocenters. The summed E-state index contributed by atoms with van der Waals surface area (Å²) >= 11 is 13.7. The van der Waals surface area contributed by atoms with Crippen LogP contribution in [0.25, 0.3) is 22.0 Å². The molecule has 2 aliphatic rings. The van der Waals surface area contributed by atoms with E-state index < -0.39 is 16.4 Å². The van der Waals surface area contributed by atoms with E-state index in [4.69, 9.17) is 46.9 Å². The summed E-state index contributed by atoms with van der Waals surface area (Å²) in [5.41, 5.74) is 2.81. The predicted molar refractivity (Wildman–Crippen MR) is 186 cm³/mol. The minimum atomic E-state index is -1.87. The van der Waals surface area contributed by atoms with Crippen molar-refractivity contribution < 1.29 is 18.6 Å². The van der Waals surface area contributed by atoms with Gasteiger partial charge in [-0.3, -0.25) is 0 Å². The minimum absolute atomic E-state index is 0.0350. The summed E-state index contributed by atoms with van der Waals surface area (Å²) < 4.78 is 29.8. The molecule has 11 heteroatoms. The number of aromatic nitrogens is 3. The molecule has 2 fully saturated rings. The summed E-state index contributed by atoms with van der Waals surface area (Å²) in [4.78, 5) is 0. The lowest BCUT2D eigenvalue weighted by molar-refractivity contribution is -0.0394. The molecule has 0 amide bonds. The van der Waals surface area contributed by atoms with Gasteiger partial charge in [-0.1, -0.05) is 63.6 Å². The summed E-state index contributed by atoms with van der Waals surface area (Å²) in [6.07, 6.45) is 12.3. The number of rotatable bonds is 11. The minimum Gasteiger partial charge on any atom is -0.490 e. The van der Waals surface area contributed by atoms with E-state index in [9.17, 15) is 0 Å². The number of hydrogen-bond acceptors (Lipinski definition) is 5. The predicted octanol–water partition coefficient (Wildman–Crippen LogP) is 10.1. The van der Waals surface area contributed by atoms with Crippen LogP contribution in [-0.4, -0.2) is 56.2 Å². The molecule has 1 aromatic carbocycles. The van der Waals surface area contributed by atoms with E-state index in [2.05, 4.69) is 70.5 Å². The Morgan fingerprint density at radius 3 is 2.45 bits per heavy atom. The molecule has 1 unspecified atom stereocenters. The van der Waals surface area contributed by atoms with Crippen molar-refractivity contribution in [3.05, 3.63) is 34.7 Å². The number of nitrogens with zero attached hydrogens (tertiary/aromatic N) is 3. The normalized spacial score (nSPS) is 21.8. The van der Waals surface area contributed by atoms with E-state index in [-0.39, 0.29) is 23.5 Å². The lowest BCUT2D eigenvalue weighted by Crippen LogP contribution is -2.43. The zero-order valence-electron chi connectivity index (χ0n) is 27.8. The molecule has 1 aliphatic carbocycles. The summed E-state index contributed by atoms with van der Waals surface area (Å²) in [6.45, 7) is 20.4. The maximum absolute atomic E-state index is 6.96. The highest BCUT2D eigenvalue weighted by Crippen LogP contribution is 2.46. The van der Waals surface area contributed by atoms with Gasteiger partial charge in [0.25, 0.3) is 0 Å². The Labute approximate surface area is 275 Å². The fourth-order valence-electron chi connectivity index (χ4n) is 5.81. The lowest BCUT2D eigenvalue weighted by Gasteiger charge is -2.38. The second-order valence-corrected chi connectivity index (χ2v) is 26.5. The molecule has 5 rings (SSSR count). The third-order valence-corrected chi connectivity index (χ3v) is 16.5. The van der Waals surface area contributed by atoms with Crippen molar-refractivity contribution in [2.75, 3.05) is 13.2 Å². The lowest BCUT2D eigenvalue weighted by atomic mass is 10.1. The third kappa shape index (κ3) is 7.78. The average molecular weight is 681 g/mol. The van der Waals surface area contributed by atoms with Crippen molar-refractivity contribution in [1.29, 1.82) is 0 Å². The van der Waals surface area contributed by atoms with Gasteiger partial charge < -0.3 is 23.2 Å². The SMILES string of the molecule is CC(C)(C)[Si](C)(C)O[C@@H]1CC[C@H](Oc2cc(Cl)c(Cl)c3c2c(-c2cnn(C4CCCCO4)c2)cn3COCC[Si](C)(C)C)C1. The highest BCUT2D eigenvalue weighted by atomic mass is 35.5. The van der Waals surface area contributed by atoms with Crippen LogP contribution in [0.3, 0.4) is 0 Å². The van der Waals surface area contributed by atoms with Gasteiger partial charge in [-0.2, -0.15) is 5.10 Å². The van der Waals surface area contributed by atoms with Crippen LogP contribution in [0.1, 0.15) is 65.5 Å². The molecule has 244 valence electrons. The second-order valence-electron chi connectivity index (χ2n) is 15.3. The molecule has 2 aromatic heterocycles. The van der Waals surface area contributed by atoms with E-state index in [1.807, 2.05) is 16.9 Å². The van der Waals surface area contributed by atoms with Gasteiger partial charge in [0.2, 0.25) is 0 Å². The Morgan fingerprint density at radius 1 is 1.02 bits per heavy atom. The maximum atomic E-state index is 6.96. The number of halogens is 2. The van der Waals surface area contributed by atoms with Crippen molar-refractivity contribution in [3.8, 4) is 16.9 Å². The van der Waals surface area contributed by atoms with Gasteiger partial charge in [-0.25, -0.2) is 4.68 Å². The van der Waals surface area contributed by atoms with Gasteiger partial charge in [0.1, 0.15) is 24.8 Å². The van der Waals surface area contributed by atoms with E-state index in [1.165, 1.54) is 0 Å². The van der Waals surface area contributed by atoms with Crippen LogP contribution in [0.4, 0.5) is 0 Å². The molecule has 0 spiro atoms. The fraction of sp³-hybridized carbons (Fsp3) is 0.667. The topological polar surface area (TPSA) is 59.7 Å². The summed E-state index contributed by atoms with van der Waals surface area (Å²) in [6, 6.07) is 2.97. The molecule has 3 aromatic rings. The van der Waals surface area contributed by atoms with Gasteiger partial charge in [0.15, 0.2) is 8.32 Å². The summed E-state index contributed by atoms with van der Waals surface area (Å²) in [5.74, 6) is 0.741. The summed E-state index contributed by atoms with van der Waals surface area (Å²) in [5, 5.41) is 6.80.